The van der Waals surface area contributed by atoms with Crippen molar-refractivity contribution in [2.45, 2.75) is 19.3 Å². The number of hydrogen-bond acceptors (Lipinski definition) is 5. The minimum absolute atomic E-state index is 0.0524. The summed E-state index contributed by atoms with van der Waals surface area (Å²) in [6.45, 7) is 1.20. The Labute approximate surface area is 184 Å². The molecule has 0 spiro atoms. The predicted molar refractivity (Wildman–Crippen MR) is 117 cm³/mol. The number of hydrogen-bond donors (Lipinski definition) is 0. The minimum Gasteiger partial charge on any atom is -0.339 e. The summed E-state index contributed by atoms with van der Waals surface area (Å²) < 4.78 is 0. The number of nitrogens with zero attached hydrogens (tertiary/aromatic N) is 3. The first-order chi connectivity index (χ1) is 14.9. The largest absolute Gasteiger partial charge is 0.339 e. The van der Waals surface area contributed by atoms with E-state index in [0.717, 1.165) is 32.4 Å². The Kier molecular flexibility index (Phi) is 7.36. The highest BCUT2D eigenvalue weighted by atomic mass is 35.5. The van der Waals surface area contributed by atoms with E-state index in [0.29, 0.717) is 11.3 Å². The van der Waals surface area contributed by atoms with Gasteiger partial charge in [0, 0.05) is 42.0 Å². The van der Waals surface area contributed by atoms with Crippen LogP contribution in [0.2, 0.25) is 0 Å². The van der Waals surface area contributed by atoms with Gasteiger partial charge in [-0.05, 0) is 55.7 Å². The normalized spacial score (nSPS) is 13.5. The van der Waals surface area contributed by atoms with Crippen LogP contribution >= 0.6 is 11.6 Å². The van der Waals surface area contributed by atoms with Gasteiger partial charge in [-0.3, -0.25) is 24.5 Å². The van der Waals surface area contributed by atoms with Crippen molar-refractivity contribution in [2.75, 3.05) is 30.4 Å². The number of benzene rings is 2. The molecule has 2 amide bonds. The van der Waals surface area contributed by atoms with E-state index in [1.807, 2.05) is 4.90 Å². The number of carbonyl (C=O) groups is 3. The fraction of sp³-hybridized carbons (Fsp3) is 0.318. The molecule has 1 heterocycles. The molecule has 0 N–H and O–H groups in total. The number of likely N-dealkylation sites (tertiary alicyclic amines) is 1. The summed E-state index contributed by atoms with van der Waals surface area (Å²) in [7, 11) is 0. The smallest absolute Gasteiger partial charge is 0.269 e. The molecule has 1 aliphatic rings. The fourth-order valence-electron chi connectivity index (χ4n) is 3.46. The molecule has 0 atom stereocenters. The van der Waals surface area contributed by atoms with Crippen LogP contribution in [0.4, 0.5) is 11.4 Å². The molecule has 31 heavy (non-hydrogen) atoms. The van der Waals surface area contributed by atoms with Gasteiger partial charge in [-0.25, -0.2) is 0 Å². The van der Waals surface area contributed by atoms with Crippen LogP contribution in [0.1, 0.15) is 40.0 Å². The first-order valence-electron chi connectivity index (χ1n) is 9.94. The van der Waals surface area contributed by atoms with Crippen LogP contribution in [0.25, 0.3) is 0 Å². The summed E-state index contributed by atoms with van der Waals surface area (Å²) in [5.41, 5.74) is 1.08. The molecule has 8 nitrogen and oxygen atoms in total. The number of rotatable bonds is 7. The first kappa shape index (κ1) is 22.4. The van der Waals surface area contributed by atoms with Crippen LogP contribution in [-0.2, 0) is 4.79 Å². The van der Waals surface area contributed by atoms with Crippen LogP contribution in [0.15, 0.2) is 48.5 Å². The average Bonchev–Trinajstić information content (AvgIpc) is 2.82. The highest BCUT2D eigenvalue weighted by Gasteiger charge is 2.22. The maximum Gasteiger partial charge on any atom is 0.269 e. The number of non-ortho nitro benzene ring substituents is 1. The maximum atomic E-state index is 12.6. The molecule has 9 heteroatoms. The van der Waals surface area contributed by atoms with E-state index >= 15 is 0 Å². The predicted octanol–water partition coefficient (Wildman–Crippen LogP) is 3.68. The van der Waals surface area contributed by atoms with Crippen molar-refractivity contribution >= 4 is 40.6 Å². The van der Waals surface area contributed by atoms with E-state index in [-0.39, 0.29) is 35.4 Å². The van der Waals surface area contributed by atoms with Gasteiger partial charge in [0.1, 0.15) is 5.88 Å². The molecule has 3 rings (SSSR count). The monoisotopic (exact) mass is 443 g/mol. The second-order valence-corrected chi connectivity index (χ2v) is 7.51. The molecule has 0 unspecified atom stereocenters. The number of nitro groups is 1. The van der Waals surface area contributed by atoms with Gasteiger partial charge in [-0.2, -0.15) is 0 Å². The van der Waals surface area contributed by atoms with E-state index in [4.69, 9.17) is 11.6 Å². The van der Waals surface area contributed by atoms with E-state index in [2.05, 4.69) is 0 Å². The molecule has 1 aliphatic heterocycles. The summed E-state index contributed by atoms with van der Waals surface area (Å²) in [6, 6.07) is 11.7. The second-order valence-electron chi connectivity index (χ2n) is 7.24. The summed E-state index contributed by atoms with van der Waals surface area (Å²) in [5, 5.41) is 10.8. The molecule has 1 saturated heterocycles. The van der Waals surface area contributed by atoms with Crippen molar-refractivity contribution < 1.29 is 19.3 Å². The summed E-state index contributed by atoms with van der Waals surface area (Å²) in [5.74, 6) is -1.22. The number of ketones is 1. The SMILES string of the molecule is O=C(CN(C(=O)CCl)c1ccc(C(=O)N2CCCCC2)cc1)c1ccc([N+](=O)[O-])cc1. The molecule has 0 aliphatic carbocycles. The number of halogens is 1. The van der Waals surface area contributed by atoms with Crippen molar-refractivity contribution in [3.8, 4) is 0 Å². The number of carbonyl (C=O) groups excluding carboxylic acids is 3. The lowest BCUT2D eigenvalue weighted by molar-refractivity contribution is -0.384. The minimum atomic E-state index is -0.551. The molecule has 162 valence electrons. The van der Waals surface area contributed by atoms with E-state index in [9.17, 15) is 24.5 Å². The number of Topliss-reactive ketones (excluding diaryl/α,β-unsaturated/α-hetero) is 1. The lowest BCUT2D eigenvalue weighted by atomic mass is 10.1. The zero-order valence-corrected chi connectivity index (χ0v) is 17.6. The highest BCUT2D eigenvalue weighted by molar-refractivity contribution is 6.29. The summed E-state index contributed by atoms with van der Waals surface area (Å²) in [4.78, 5) is 50.9. The number of anilines is 1. The topological polar surface area (TPSA) is 101 Å². The Bertz CT molecular complexity index is 970. The fourth-order valence-corrected chi connectivity index (χ4v) is 3.61. The van der Waals surface area contributed by atoms with Crippen LogP contribution in [-0.4, -0.2) is 52.9 Å². The van der Waals surface area contributed by atoms with Gasteiger partial charge in [0.25, 0.3) is 11.6 Å². The van der Waals surface area contributed by atoms with Crippen LogP contribution in [0.5, 0.6) is 0 Å². The third-order valence-electron chi connectivity index (χ3n) is 5.19. The Balaban J connectivity index is 1.75. The molecular formula is C22H22ClN3O5. The summed E-state index contributed by atoms with van der Waals surface area (Å²) >= 11 is 5.73. The average molecular weight is 444 g/mol. The molecule has 0 bridgehead atoms. The Morgan fingerprint density at radius 2 is 1.52 bits per heavy atom. The molecule has 2 aromatic carbocycles. The highest BCUT2D eigenvalue weighted by Crippen LogP contribution is 2.20. The lowest BCUT2D eigenvalue weighted by Gasteiger charge is -2.27. The molecule has 0 saturated carbocycles. The Morgan fingerprint density at radius 1 is 0.935 bits per heavy atom. The van der Waals surface area contributed by atoms with Crippen LogP contribution < -0.4 is 4.90 Å². The third kappa shape index (κ3) is 5.46. The van der Waals surface area contributed by atoms with Crippen molar-refractivity contribution in [1.82, 2.24) is 4.90 Å². The molecule has 0 aromatic heterocycles. The van der Waals surface area contributed by atoms with Gasteiger partial charge in [-0.15, -0.1) is 11.6 Å². The van der Waals surface area contributed by atoms with Crippen molar-refractivity contribution in [3.63, 3.8) is 0 Å². The van der Waals surface area contributed by atoms with Gasteiger partial charge in [0.05, 0.1) is 11.5 Å². The van der Waals surface area contributed by atoms with Gasteiger partial charge < -0.3 is 9.80 Å². The Morgan fingerprint density at radius 3 is 2.06 bits per heavy atom. The molecule has 1 fully saturated rings. The second kappa shape index (κ2) is 10.2. The first-order valence-corrected chi connectivity index (χ1v) is 10.5. The van der Waals surface area contributed by atoms with E-state index in [1.165, 1.54) is 29.2 Å². The van der Waals surface area contributed by atoms with Crippen LogP contribution in [0, 0.1) is 10.1 Å². The van der Waals surface area contributed by atoms with Gasteiger partial charge in [0.15, 0.2) is 5.78 Å². The quantitative estimate of drug-likeness (QED) is 0.281. The number of nitro benzene ring substituents is 1. The van der Waals surface area contributed by atoms with Crippen LogP contribution in [0.3, 0.4) is 0 Å². The zero-order valence-electron chi connectivity index (χ0n) is 16.8. The Hall–Kier alpha value is -3.26. The van der Waals surface area contributed by atoms with Gasteiger partial charge >= 0.3 is 0 Å². The standard InChI is InChI=1S/C22H22ClN3O5/c23-14-21(28)25(15-20(27)16-4-10-19(11-5-16)26(30)31)18-8-6-17(7-9-18)22(29)24-12-2-1-3-13-24/h4-11H,1-3,12-15H2. The number of piperidine rings is 1. The van der Waals surface area contributed by atoms with Crippen molar-refractivity contribution in [2.24, 2.45) is 0 Å². The van der Waals surface area contributed by atoms with Crippen molar-refractivity contribution in [3.05, 3.63) is 69.8 Å². The lowest BCUT2D eigenvalue weighted by Crippen LogP contribution is -2.37. The van der Waals surface area contributed by atoms with Gasteiger partial charge in [-0.1, -0.05) is 0 Å². The third-order valence-corrected chi connectivity index (χ3v) is 5.42. The van der Waals surface area contributed by atoms with E-state index < -0.39 is 10.8 Å². The van der Waals surface area contributed by atoms with Crippen molar-refractivity contribution in [1.29, 1.82) is 0 Å². The summed E-state index contributed by atoms with van der Waals surface area (Å²) in [6.07, 6.45) is 3.11. The maximum absolute atomic E-state index is 12.6. The number of alkyl halides is 1. The molecule has 0 radical (unpaired) electrons. The number of amides is 2. The molecule has 2 aromatic rings. The van der Waals surface area contributed by atoms with Gasteiger partial charge in [0.2, 0.25) is 5.91 Å². The molecular weight excluding hydrogens is 422 g/mol. The van der Waals surface area contributed by atoms with E-state index in [1.54, 1.807) is 24.3 Å². The zero-order chi connectivity index (χ0) is 22.4.